The topological polar surface area (TPSA) is 73.0 Å². The molecule has 0 aromatic heterocycles. The van der Waals surface area contributed by atoms with E-state index in [2.05, 4.69) is 9.62 Å². The van der Waals surface area contributed by atoms with E-state index in [1.165, 1.54) is 18.2 Å². The van der Waals surface area contributed by atoms with Crippen molar-refractivity contribution >= 4 is 27.3 Å². The Labute approximate surface area is 209 Å². The summed E-state index contributed by atoms with van der Waals surface area (Å²) in [4.78, 5) is 19.4. The molecule has 1 N–H and O–H groups in total. The molecule has 0 atom stereocenters. The van der Waals surface area contributed by atoms with Crippen molar-refractivity contribution in [2.45, 2.75) is 37.3 Å². The fourth-order valence-electron chi connectivity index (χ4n) is 4.61. The molecule has 4 rings (SSSR count). The number of carbonyl (C=O) groups is 1. The highest BCUT2D eigenvalue weighted by molar-refractivity contribution is 7.89. The maximum absolute atomic E-state index is 13.6. The highest BCUT2D eigenvalue weighted by atomic mass is 32.2. The van der Waals surface area contributed by atoms with E-state index >= 15 is 0 Å². The minimum absolute atomic E-state index is 0.0608. The number of hydrogen-bond donors (Lipinski definition) is 1. The predicted molar refractivity (Wildman–Crippen MR) is 133 cm³/mol. The summed E-state index contributed by atoms with van der Waals surface area (Å²) in [5.74, 6) is -0.239. The smallest absolute Gasteiger partial charge is 0.371 e. The molecule has 2 aromatic carbocycles. The Morgan fingerprint density at radius 2 is 1.56 bits per heavy atom. The molecule has 0 saturated carbocycles. The first-order valence-corrected chi connectivity index (χ1v) is 13.7. The average molecular weight is 525 g/mol. The number of hydrogen-bond acceptors (Lipinski definition) is 5. The normalized spacial score (nSPS) is 17.1. The van der Waals surface area contributed by atoms with E-state index in [1.54, 1.807) is 17.0 Å². The number of nitrogens with one attached hydrogen (secondary N) is 1. The summed E-state index contributed by atoms with van der Waals surface area (Å²) >= 11 is 0. The first kappa shape index (κ1) is 26.3. The van der Waals surface area contributed by atoms with Gasteiger partial charge in [0.15, 0.2) is 0 Å². The lowest BCUT2D eigenvalue weighted by Gasteiger charge is -2.37. The summed E-state index contributed by atoms with van der Waals surface area (Å²) in [6, 6.07) is 9.76. The van der Waals surface area contributed by atoms with Crippen LogP contribution in [0.5, 0.6) is 0 Å². The quantitative estimate of drug-likeness (QED) is 0.594. The third-order valence-corrected chi connectivity index (χ3v) is 8.08. The molecule has 2 aliphatic heterocycles. The fourth-order valence-corrected chi connectivity index (χ4v) is 5.77. The largest absolute Gasteiger partial charge is 0.416 e. The molecule has 0 radical (unpaired) electrons. The SMILES string of the molecule is CCCNS(=O)(=O)c1ccc(N2CCCC2)c(C(=O)N2CCN(c3ccc(C(F)(F)F)cc3)CC2)c1. The first-order valence-electron chi connectivity index (χ1n) is 12.2. The van der Waals surface area contributed by atoms with Crippen LogP contribution in [0.4, 0.5) is 24.5 Å². The number of nitrogens with zero attached hydrogens (tertiary/aromatic N) is 3. The van der Waals surface area contributed by atoms with Crippen molar-refractivity contribution in [3.63, 3.8) is 0 Å². The van der Waals surface area contributed by atoms with E-state index in [9.17, 15) is 26.4 Å². The van der Waals surface area contributed by atoms with Crippen LogP contribution in [-0.2, 0) is 16.2 Å². The molecule has 0 aliphatic carbocycles. The standard InChI is InChI=1S/C25H31F3N4O3S/c1-2-11-29-36(34,35)21-9-10-23(31-12-3-4-13-31)22(18-21)24(33)32-16-14-30(15-17-32)20-7-5-19(6-8-20)25(26,27)28/h5-10,18,29H,2-4,11-17H2,1H3. The second kappa shape index (κ2) is 10.7. The Morgan fingerprint density at radius 1 is 0.917 bits per heavy atom. The molecule has 196 valence electrons. The van der Waals surface area contributed by atoms with E-state index in [0.717, 1.165) is 43.8 Å². The first-order chi connectivity index (χ1) is 17.1. The molecule has 36 heavy (non-hydrogen) atoms. The second-order valence-electron chi connectivity index (χ2n) is 9.09. The molecular weight excluding hydrogens is 493 g/mol. The van der Waals surface area contributed by atoms with Gasteiger partial charge in [0, 0.05) is 57.2 Å². The zero-order chi connectivity index (χ0) is 25.9. The van der Waals surface area contributed by atoms with E-state index in [-0.39, 0.29) is 10.8 Å². The van der Waals surface area contributed by atoms with Gasteiger partial charge in [0.1, 0.15) is 0 Å². The zero-order valence-corrected chi connectivity index (χ0v) is 21.0. The average Bonchev–Trinajstić information content (AvgIpc) is 3.41. The molecule has 2 saturated heterocycles. The number of sulfonamides is 1. The lowest BCUT2D eigenvalue weighted by atomic mass is 10.1. The van der Waals surface area contributed by atoms with Gasteiger partial charge in [0.05, 0.1) is 16.0 Å². The monoisotopic (exact) mass is 524 g/mol. The van der Waals surface area contributed by atoms with Crippen LogP contribution in [0.15, 0.2) is 47.4 Å². The Bertz CT molecular complexity index is 1170. The summed E-state index contributed by atoms with van der Waals surface area (Å²) in [7, 11) is -3.74. The molecule has 1 amide bonds. The highest BCUT2D eigenvalue weighted by Crippen LogP contribution is 2.32. The third kappa shape index (κ3) is 5.78. The van der Waals surface area contributed by atoms with E-state index in [1.807, 2.05) is 11.8 Å². The van der Waals surface area contributed by atoms with Crippen molar-refractivity contribution in [3.05, 3.63) is 53.6 Å². The minimum Gasteiger partial charge on any atom is -0.371 e. The van der Waals surface area contributed by atoms with Crippen LogP contribution in [0.3, 0.4) is 0 Å². The Hall–Kier alpha value is -2.79. The Morgan fingerprint density at radius 3 is 2.14 bits per heavy atom. The van der Waals surface area contributed by atoms with Crippen molar-refractivity contribution in [2.75, 3.05) is 55.6 Å². The maximum Gasteiger partial charge on any atom is 0.416 e. The Kier molecular flexibility index (Phi) is 7.79. The summed E-state index contributed by atoms with van der Waals surface area (Å²) in [5, 5.41) is 0. The lowest BCUT2D eigenvalue weighted by molar-refractivity contribution is -0.137. The van der Waals surface area contributed by atoms with Gasteiger partial charge < -0.3 is 14.7 Å². The van der Waals surface area contributed by atoms with Gasteiger partial charge in [-0.3, -0.25) is 4.79 Å². The van der Waals surface area contributed by atoms with Crippen molar-refractivity contribution in [1.29, 1.82) is 0 Å². The minimum atomic E-state index is -4.38. The maximum atomic E-state index is 13.6. The van der Waals surface area contributed by atoms with Gasteiger partial charge in [-0.15, -0.1) is 0 Å². The second-order valence-corrected chi connectivity index (χ2v) is 10.9. The number of carbonyl (C=O) groups excluding carboxylic acids is 1. The van der Waals surface area contributed by atoms with Gasteiger partial charge in [-0.2, -0.15) is 13.2 Å². The number of halogens is 3. The fraction of sp³-hybridized carbons (Fsp3) is 0.480. The molecule has 2 heterocycles. The molecule has 2 aliphatic rings. The molecular formula is C25H31F3N4O3S. The van der Waals surface area contributed by atoms with Crippen molar-refractivity contribution in [1.82, 2.24) is 9.62 Å². The van der Waals surface area contributed by atoms with E-state index in [0.29, 0.717) is 50.4 Å². The summed E-state index contributed by atoms with van der Waals surface area (Å²) in [5.41, 5.74) is 1.07. The van der Waals surface area contributed by atoms with Crippen LogP contribution in [0.1, 0.15) is 42.1 Å². The third-order valence-electron chi connectivity index (χ3n) is 6.62. The summed E-state index contributed by atoms with van der Waals surface area (Å²) in [6.45, 7) is 5.49. The van der Waals surface area contributed by atoms with E-state index in [4.69, 9.17) is 0 Å². The summed E-state index contributed by atoms with van der Waals surface area (Å²) in [6.07, 6.45) is -1.71. The molecule has 7 nitrogen and oxygen atoms in total. The molecule has 0 spiro atoms. The zero-order valence-electron chi connectivity index (χ0n) is 20.2. The molecule has 2 fully saturated rings. The van der Waals surface area contributed by atoms with Crippen LogP contribution >= 0.6 is 0 Å². The van der Waals surface area contributed by atoms with Gasteiger partial charge in [-0.1, -0.05) is 6.92 Å². The van der Waals surface area contributed by atoms with Gasteiger partial charge in [-0.05, 0) is 61.7 Å². The van der Waals surface area contributed by atoms with Crippen LogP contribution < -0.4 is 14.5 Å². The number of anilines is 2. The van der Waals surface area contributed by atoms with E-state index < -0.39 is 21.8 Å². The molecule has 2 aromatic rings. The van der Waals surface area contributed by atoms with Crippen molar-refractivity contribution in [2.24, 2.45) is 0 Å². The number of amides is 1. The van der Waals surface area contributed by atoms with Gasteiger partial charge in [-0.25, -0.2) is 13.1 Å². The number of rotatable bonds is 7. The molecule has 0 bridgehead atoms. The van der Waals surface area contributed by atoms with Crippen molar-refractivity contribution < 1.29 is 26.4 Å². The van der Waals surface area contributed by atoms with Crippen LogP contribution in [0.25, 0.3) is 0 Å². The highest BCUT2D eigenvalue weighted by Gasteiger charge is 2.31. The van der Waals surface area contributed by atoms with Gasteiger partial charge in [0.25, 0.3) is 5.91 Å². The van der Waals surface area contributed by atoms with Crippen LogP contribution in [-0.4, -0.2) is 65.0 Å². The van der Waals surface area contributed by atoms with Crippen LogP contribution in [0.2, 0.25) is 0 Å². The number of benzene rings is 2. The van der Waals surface area contributed by atoms with Gasteiger partial charge >= 0.3 is 6.18 Å². The molecule has 0 unspecified atom stereocenters. The molecule has 11 heteroatoms. The Balaban J connectivity index is 1.52. The van der Waals surface area contributed by atoms with Crippen molar-refractivity contribution in [3.8, 4) is 0 Å². The summed E-state index contributed by atoms with van der Waals surface area (Å²) < 4.78 is 66.6. The number of piperazine rings is 1. The lowest BCUT2D eigenvalue weighted by Crippen LogP contribution is -2.49. The van der Waals surface area contributed by atoms with Gasteiger partial charge in [0.2, 0.25) is 10.0 Å². The van der Waals surface area contributed by atoms with Crippen LogP contribution in [0, 0.1) is 0 Å². The number of alkyl halides is 3. The predicted octanol–water partition coefficient (Wildman–Crippen LogP) is 3.96.